The quantitative estimate of drug-likeness (QED) is 0.795. The highest BCUT2D eigenvalue weighted by Gasteiger charge is 2.39. The van der Waals surface area contributed by atoms with Gasteiger partial charge < -0.3 is 5.73 Å². The van der Waals surface area contributed by atoms with Crippen LogP contribution in [0.15, 0.2) is 29.2 Å². The number of benzene rings is 1. The molecule has 0 aromatic heterocycles. The van der Waals surface area contributed by atoms with Crippen molar-refractivity contribution < 1.29 is 8.42 Å². The lowest BCUT2D eigenvalue weighted by Crippen LogP contribution is -2.18. The van der Waals surface area contributed by atoms with Gasteiger partial charge in [-0.25, -0.2) is 8.42 Å². The summed E-state index contributed by atoms with van der Waals surface area (Å²) in [5.74, 6) is 0. The van der Waals surface area contributed by atoms with Gasteiger partial charge in [-0.15, -0.1) is 0 Å². The normalized spacial score (nSPS) is 19.3. The summed E-state index contributed by atoms with van der Waals surface area (Å²) in [5.41, 5.74) is 6.83. The van der Waals surface area contributed by atoms with Crippen molar-refractivity contribution in [1.82, 2.24) is 0 Å². The van der Waals surface area contributed by atoms with Crippen LogP contribution < -0.4 is 5.73 Å². The first-order chi connectivity index (χ1) is 6.42. The molecule has 1 aromatic rings. The summed E-state index contributed by atoms with van der Waals surface area (Å²) in [4.78, 5) is 0.352. The second-order valence-corrected chi connectivity index (χ2v) is 5.97. The highest BCUT2D eigenvalue weighted by atomic mass is 32.2. The van der Waals surface area contributed by atoms with Crippen molar-refractivity contribution in [2.24, 2.45) is 5.73 Å². The van der Waals surface area contributed by atoms with Crippen LogP contribution in [0.5, 0.6) is 0 Å². The molecule has 0 radical (unpaired) electrons. The molecule has 1 saturated carbocycles. The molecule has 0 unspecified atom stereocenters. The fraction of sp³-hybridized carbons (Fsp3) is 0.400. The van der Waals surface area contributed by atoms with Crippen LogP contribution in [0.3, 0.4) is 0 Å². The highest BCUT2D eigenvalue weighted by Crippen LogP contribution is 2.42. The molecule has 0 amide bonds. The summed E-state index contributed by atoms with van der Waals surface area (Å²) >= 11 is 0. The number of rotatable bonds is 2. The maximum absolute atomic E-state index is 11.2. The van der Waals surface area contributed by atoms with E-state index in [0.29, 0.717) is 4.90 Å². The molecule has 76 valence electrons. The van der Waals surface area contributed by atoms with Crippen LogP contribution in [0.2, 0.25) is 0 Å². The molecule has 3 nitrogen and oxygen atoms in total. The van der Waals surface area contributed by atoms with Crippen molar-refractivity contribution in [2.75, 3.05) is 6.26 Å². The average Bonchev–Trinajstić information content (AvgIpc) is 2.84. The summed E-state index contributed by atoms with van der Waals surface area (Å²) in [6.45, 7) is 0. The van der Waals surface area contributed by atoms with Gasteiger partial charge in [0.1, 0.15) is 0 Å². The Morgan fingerprint density at radius 2 is 1.71 bits per heavy atom. The van der Waals surface area contributed by atoms with Gasteiger partial charge >= 0.3 is 0 Å². The third-order valence-electron chi connectivity index (χ3n) is 2.65. The Bertz CT molecular complexity index is 444. The molecule has 0 atom stereocenters. The second-order valence-electron chi connectivity index (χ2n) is 3.95. The smallest absolute Gasteiger partial charge is 0.175 e. The summed E-state index contributed by atoms with van der Waals surface area (Å²) in [6.07, 6.45) is 3.19. The minimum atomic E-state index is -3.09. The summed E-state index contributed by atoms with van der Waals surface area (Å²) in [5, 5.41) is 0. The number of nitrogens with two attached hydrogens (primary N) is 1. The zero-order chi connectivity index (χ0) is 10.4. The molecule has 14 heavy (non-hydrogen) atoms. The Balaban J connectivity index is 2.36. The first-order valence-electron chi connectivity index (χ1n) is 4.51. The highest BCUT2D eigenvalue weighted by molar-refractivity contribution is 7.90. The zero-order valence-corrected chi connectivity index (χ0v) is 8.84. The summed E-state index contributed by atoms with van der Waals surface area (Å²) in [6, 6.07) is 6.86. The Morgan fingerprint density at radius 3 is 2.07 bits per heavy atom. The van der Waals surface area contributed by atoms with E-state index in [1.54, 1.807) is 12.1 Å². The Kier molecular flexibility index (Phi) is 1.94. The molecule has 2 N–H and O–H groups in total. The molecular weight excluding hydrogens is 198 g/mol. The first kappa shape index (κ1) is 9.68. The lowest BCUT2D eigenvalue weighted by atomic mass is 10.1. The van der Waals surface area contributed by atoms with E-state index >= 15 is 0 Å². The topological polar surface area (TPSA) is 60.2 Å². The van der Waals surface area contributed by atoms with E-state index in [1.165, 1.54) is 6.26 Å². The fourth-order valence-electron chi connectivity index (χ4n) is 1.46. The standard InChI is InChI=1S/C10H13NO2S/c1-14(12,13)9-4-2-8(3-5-9)10(11)6-7-10/h2-5H,6-7,11H2,1H3. The van der Waals surface area contributed by atoms with Crippen molar-refractivity contribution in [3.8, 4) is 0 Å². The number of sulfone groups is 1. The van der Waals surface area contributed by atoms with Gasteiger partial charge in [-0.2, -0.15) is 0 Å². The molecular formula is C10H13NO2S. The molecule has 0 spiro atoms. The lowest BCUT2D eigenvalue weighted by molar-refractivity contribution is 0.601. The summed E-state index contributed by atoms with van der Waals surface area (Å²) in [7, 11) is -3.09. The van der Waals surface area contributed by atoms with Gasteiger partial charge in [-0.1, -0.05) is 12.1 Å². The Labute approximate surface area is 83.9 Å². The lowest BCUT2D eigenvalue weighted by Gasteiger charge is -2.08. The van der Waals surface area contributed by atoms with Crippen LogP contribution in [0.4, 0.5) is 0 Å². The average molecular weight is 211 g/mol. The van der Waals surface area contributed by atoms with Crippen LogP contribution in [0, 0.1) is 0 Å². The largest absolute Gasteiger partial charge is 0.321 e. The van der Waals surface area contributed by atoms with Gasteiger partial charge in [-0.3, -0.25) is 0 Å². The van der Waals surface area contributed by atoms with E-state index in [4.69, 9.17) is 5.73 Å². The third kappa shape index (κ3) is 1.67. The molecule has 0 heterocycles. The monoisotopic (exact) mass is 211 g/mol. The van der Waals surface area contributed by atoms with Gasteiger partial charge in [0.15, 0.2) is 9.84 Å². The van der Waals surface area contributed by atoms with Gasteiger partial charge in [0.2, 0.25) is 0 Å². The van der Waals surface area contributed by atoms with E-state index in [0.717, 1.165) is 18.4 Å². The summed E-state index contributed by atoms with van der Waals surface area (Å²) < 4.78 is 22.4. The van der Waals surface area contributed by atoms with Crippen molar-refractivity contribution in [3.05, 3.63) is 29.8 Å². The van der Waals surface area contributed by atoms with Gasteiger partial charge in [0, 0.05) is 11.8 Å². The molecule has 1 aliphatic carbocycles. The third-order valence-corrected chi connectivity index (χ3v) is 3.77. The minimum Gasteiger partial charge on any atom is -0.321 e. The molecule has 1 fully saturated rings. The van der Waals surface area contributed by atoms with Gasteiger partial charge in [0.05, 0.1) is 4.90 Å². The van der Waals surface area contributed by atoms with Crippen LogP contribution in [0.25, 0.3) is 0 Å². The predicted octanol–water partition coefficient (Wildman–Crippen LogP) is 1.04. The predicted molar refractivity (Wildman–Crippen MR) is 54.7 cm³/mol. The van der Waals surface area contributed by atoms with Crippen molar-refractivity contribution in [3.63, 3.8) is 0 Å². The maximum Gasteiger partial charge on any atom is 0.175 e. The minimum absolute atomic E-state index is 0.184. The van der Waals surface area contributed by atoms with Crippen molar-refractivity contribution >= 4 is 9.84 Å². The van der Waals surface area contributed by atoms with Crippen molar-refractivity contribution in [1.29, 1.82) is 0 Å². The second kappa shape index (κ2) is 2.81. The molecule has 1 aromatic carbocycles. The number of hydrogen-bond donors (Lipinski definition) is 1. The number of hydrogen-bond acceptors (Lipinski definition) is 3. The van der Waals surface area contributed by atoms with E-state index in [9.17, 15) is 8.42 Å². The van der Waals surface area contributed by atoms with E-state index < -0.39 is 9.84 Å². The molecule has 4 heteroatoms. The fourth-order valence-corrected chi connectivity index (χ4v) is 2.09. The maximum atomic E-state index is 11.2. The van der Waals surface area contributed by atoms with E-state index in [1.807, 2.05) is 12.1 Å². The SMILES string of the molecule is CS(=O)(=O)c1ccc(C2(N)CC2)cc1. The zero-order valence-electron chi connectivity index (χ0n) is 8.03. The Hall–Kier alpha value is -0.870. The van der Waals surface area contributed by atoms with E-state index in [2.05, 4.69) is 0 Å². The van der Waals surface area contributed by atoms with Crippen LogP contribution in [-0.2, 0) is 15.4 Å². The molecule has 0 saturated heterocycles. The molecule has 2 rings (SSSR count). The van der Waals surface area contributed by atoms with Crippen LogP contribution in [-0.4, -0.2) is 14.7 Å². The Morgan fingerprint density at radius 1 is 1.21 bits per heavy atom. The molecule has 1 aliphatic rings. The van der Waals surface area contributed by atoms with Crippen molar-refractivity contribution in [2.45, 2.75) is 23.3 Å². The van der Waals surface area contributed by atoms with Crippen LogP contribution >= 0.6 is 0 Å². The van der Waals surface area contributed by atoms with E-state index in [-0.39, 0.29) is 5.54 Å². The van der Waals surface area contributed by atoms with Gasteiger partial charge in [-0.05, 0) is 30.5 Å². The van der Waals surface area contributed by atoms with Crippen LogP contribution in [0.1, 0.15) is 18.4 Å². The van der Waals surface area contributed by atoms with Gasteiger partial charge in [0.25, 0.3) is 0 Å². The molecule has 0 aliphatic heterocycles. The first-order valence-corrected chi connectivity index (χ1v) is 6.40. The molecule has 0 bridgehead atoms.